The Bertz CT molecular complexity index is 1140. The molecule has 4 rings (SSSR count). The van der Waals surface area contributed by atoms with Crippen LogP contribution in [-0.2, 0) is 11.2 Å². The number of nitrogens with zero attached hydrogens (tertiary/aromatic N) is 3. The first-order valence-corrected chi connectivity index (χ1v) is 11.4. The maximum atomic E-state index is 14.3. The van der Waals surface area contributed by atoms with Crippen molar-refractivity contribution in [1.82, 2.24) is 20.0 Å². The highest BCUT2D eigenvalue weighted by Gasteiger charge is 2.21. The van der Waals surface area contributed by atoms with Crippen LogP contribution >= 0.6 is 0 Å². The lowest BCUT2D eigenvalue weighted by atomic mass is 10.1. The Morgan fingerprint density at radius 1 is 1.06 bits per heavy atom. The number of carbonyl (C=O) groups excluding carboxylic acids is 1. The van der Waals surface area contributed by atoms with Gasteiger partial charge in [0.05, 0.1) is 11.4 Å². The first-order chi connectivity index (χ1) is 16.4. The molecule has 1 fully saturated rings. The SMILES string of the molecule is Cc1nn(-c2ccc(F)cc2)c(Oc2ccc(F)cc2F)c1CCC(=O)NCCN1CCCC1. The van der Waals surface area contributed by atoms with E-state index < -0.39 is 17.5 Å². The fraction of sp³-hybridized carbons (Fsp3) is 0.360. The molecule has 2 aromatic carbocycles. The van der Waals surface area contributed by atoms with Gasteiger partial charge in [0.25, 0.3) is 0 Å². The van der Waals surface area contributed by atoms with E-state index in [1.807, 2.05) is 0 Å². The monoisotopic (exact) mass is 472 g/mol. The number of rotatable bonds is 9. The number of amides is 1. The van der Waals surface area contributed by atoms with Gasteiger partial charge in [-0.25, -0.2) is 17.9 Å². The summed E-state index contributed by atoms with van der Waals surface area (Å²) in [7, 11) is 0. The summed E-state index contributed by atoms with van der Waals surface area (Å²) in [6.45, 7) is 5.30. The summed E-state index contributed by atoms with van der Waals surface area (Å²) < 4.78 is 48.4. The standard InChI is InChI=1S/C25H27F3N4O2/c1-17-21(9-11-24(33)29-12-15-31-13-2-3-14-31)25(34-23-10-6-19(27)16-22(23)28)32(30-17)20-7-4-18(26)5-8-20/h4-8,10,16H,2-3,9,11-15H2,1H3,(H,29,33). The minimum Gasteiger partial charge on any atom is -0.436 e. The van der Waals surface area contributed by atoms with E-state index >= 15 is 0 Å². The van der Waals surface area contributed by atoms with Crippen molar-refractivity contribution in [3.05, 3.63) is 71.2 Å². The van der Waals surface area contributed by atoms with Gasteiger partial charge in [-0.15, -0.1) is 0 Å². The Balaban J connectivity index is 1.53. The van der Waals surface area contributed by atoms with Gasteiger partial charge in [0, 0.05) is 31.1 Å². The maximum Gasteiger partial charge on any atom is 0.226 e. The summed E-state index contributed by atoms with van der Waals surface area (Å²) >= 11 is 0. The molecule has 180 valence electrons. The molecule has 3 aromatic rings. The molecule has 0 unspecified atom stereocenters. The highest BCUT2D eigenvalue weighted by atomic mass is 19.1. The van der Waals surface area contributed by atoms with Crippen LogP contribution in [0.15, 0.2) is 42.5 Å². The van der Waals surface area contributed by atoms with E-state index in [1.165, 1.54) is 47.9 Å². The molecule has 1 aromatic heterocycles. The summed E-state index contributed by atoms with van der Waals surface area (Å²) in [5, 5.41) is 7.42. The van der Waals surface area contributed by atoms with E-state index in [0.717, 1.165) is 31.8 Å². The summed E-state index contributed by atoms with van der Waals surface area (Å²) in [5.41, 5.74) is 1.71. The number of ether oxygens (including phenoxy) is 1. The van der Waals surface area contributed by atoms with Crippen LogP contribution in [0.1, 0.15) is 30.5 Å². The molecule has 1 N–H and O–H groups in total. The van der Waals surface area contributed by atoms with Crippen molar-refractivity contribution in [3.8, 4) is 17.3 Å². The van der Waals surface area contributed by atoms with Crippen molar-refractivity contribution in [3.63, 3.8) is 0 Å². The van der Waals surface area contributed by atoms with Gasteiger partial charge in [0.15, 0.2) is 11.6 Å². The lowest BCUT2D eigenvalue weighted by Gasteiger charge is -2.15. The Labute approximate surface area is 196 Å². The third-order valence-electron chi connectivity index (χ3n) is 5.86. The zero-order valence-corrected chi connectivity index (χ0v) is 19.0. The van der Waals surface area contributed by atoms with Gasteiger partial charge in [-0.1, -0.05) is 0 Å². The van der Waals surface area contributed by atoms with E-state index in [0.29, 0.717) is 29.9 Å². The normalized spacial score (nSPS) is 13.9. The molecular formula is C25H27F3N4O2. The van der Waals surface area contributed by atoms with E-state index in [9.17, 15) is 18.0 Å². The van der Waals surface area contributed by atoms with Crippen molar-refractivity contribution in [2.75, 3.05) is 26.2 Å². The molecule has 0 spiro atoms. The van der Waals surface area contributed by atoms with E-state index in [2.05, 4.69) is 15.3 Å². The van der Waals surface area contributed by atoms with Gasteiger partial charge in [-0.05, 0) is 75.7 Å². The van der Waals surface area contributed by atoms with Crippen LogP contribution in [0.4, 0.5) is 13.2 Å². The first kappa shape index (κ1) is 23.8. The molecule has 1 aliphatic heterocycles. The minimum atomic E-state index is -0.866. The predicted octanol–water partition coefficient (Wildman–Crippen LogP) is 4.53. The summed E-state index contributed by atoms with van der Waals surface area (Å²) in [4.78, 5) is 14.8. The van der Waals surface area contributed by atoms with Crippen LogP contribution in [0.25, 0.3) is 5.69 Å². The topological polar surface area (TPSA) is 59.4 Å². The Morgan fingerprint density at radius 3 is 2.47 bits per heavy atom. The van der Waals surface area contributed by atoms with Crippen LogP contribution in [0, 0.1) is 24.4 Å². The number of carbonyl (C=O) groups is 1. The van der Waals surface area contributed by atoms with Crippen LogP contribution < -0.4 is 10.1 Å². The molecule has 0 saturated carbocycles. The quantitative estimate of drug-likeness (QED) is 0.497. The van der Waals surface area contributed by atoms with Crippen LogP contribution in [0.5, 0.6) is 11.6 Å². The van der Waals surface area contributed by atoms with Gasteiger partial charge < -0.3 is 15.0 Å². The van der Waals surface area contributed by atoms with Crippen LogP contribution in [0.2, 0.25) is 0 Å². The summed E-state index contributed by atoms with van der Waals surface area (Å²) in [6.07, 6.45) is 2.89. The second kappa shape index (κ2) is 10.7. The molecule has 2 heterocycles. The van der Waals surface area contributed by atoms with Gasteiger partial charge >= 0.3 is 0 Å². The van der Waals surface area contributed by atoms with E-state index in [-0.39, 0.29) is 24.0 Å². The van der Waals surface area contributed by atoms with Gasteiger partial charge in [-0.2, -0.15) is 5.10 Å². The zero-order valence-electron chi connectivity index (χ0n) is 19.0. The van der Waals surface area contributed by atoms with Gasteiger partial charge in [0.1, 0.15) is 11.6 Å². The third kappa shape index (κ3) is 5.77. The van der Waals surface area contributed by atoms with Gasteiger partial charge in [-0.3, -0.25) is 4.79 Å². The number of aryl methyl sites for hydroxylation is 1. The number of likely N-dealkylation sites (tertiary alicyclic amines) is 1. The van der Waals surface area contributed by atoms with E-state index in [1.54, 1.807) is 6.92 Å². The molecular weight excluding hydrogens is 445 g/mol. The molecule has 1 amide bonds. The molecule has 1 saturated heterocycles. The highest BCUT2D eigenvalue weighted by molar-refractivity contribution is 5.76. The van der Waals surface area contributed by atoms with Crippen LogP contribution in [-0.4, -0.2) is 46.8 Å². The highest BCUT2D eigenvalue weighted by Crippen LogP contribution is 2.33. The second-order valence-electron chi connectivity index (χ2n) is 8.33. The average molecular weight is 473 g/mol. The molecule has 0 radical (unpaired) electrons. The Hall–Kier alpha value is -3.33. The smallest absolute Gasteiger partial charge is 0.226 e. The fourth-order valence-corrected chi connectivity index (χ4v) is 4.04. The molecule has 0 atom stereocenters. The van der Waals surface area contributed by atoms with E-state index in [4.69, 9.17) is 4.74 Å². The average Bonchev–Trinajstić information content (AvgIpc) is 3.43. The van der Waals surface area contributed by atoms with Crippen molar-refractivity contribution in [1.29, 1.82) is 0 Å². The van der Waals surface area contributed by atoms with Gasteiger partial charge in [0.2, 0.25) is 11.8 Å². The number of hydrogen-bond acceptors (Lipinski definition) is 4. The number of benzene rings is 2. The third-order valence-corrected chi connectivity index (χ3v) is 5.86. The Kier molecular flexibility index (Phi) is 7.52. The number of hydrogen-bond donors (Lipinski definition) is 1. The largest absolute Gasteiger partial charge is 0.436 e. The molecule has 0 aliphatic carbocycles. The van der Waals surface area contributed by atoms with Crippen molar-refractivity contribution < 1.29 is 22.7 Å². The summed E-state index contributed by atoms with van der Waals surface area (Å²) in [5.74, 6) is -2.09. The minimum absolute atomic E-state index is 0.105. The molecule has 1 aliphatic rings. The zero-order chi connectivity index (χ0) is 24.1. The number of halogens is 3. The Morgan fingerprint density at radius 2 is 1.76 bits per heavy atom. The fourth-order valence-electron chi connectivity index (χ4n) is 4.04. The predicted molar refractivity (Wildman–Crippen MR) is 122 cm³/mol. The lowest BCUT2D eigenvalue weighted by Crippen LogP contribution is -2.33. The summed E-state index contributed by atoms with van der Waals surface area (Å²) in [6, 6.07) is 8.61. The second-order valence-corrected chi connectivity index (χ2v) is 8.33. The molecule has 34 heavy (non-hydrogen) atoms. The van der Waals surface area contributed by atoms with Crippen molar-refractivity contribution in [2.45, 2.75) is 32.6 Å². The lowest BCUT2D eigenvalue weighted by molar-refractivity contribution is -0.121. The number of nitrogens with one attached hydrogen (secondary N) is 1. The molecule has 9 heteroatoms. The van der Waals surface area contributed by atoms with Crippen LogP contribution in [0.3, 0.4) is 0 Å². The molecule has 6 nitrogen and oxygen atoms in total. The molecule has 0 bridgehead atoms. The number of aromatic nitrogens is 2. The maximum absolute atomic E-state index is 14.3. The van der Waals surface area contributed by atoms with Crippen molar-refractivity contribution in [2.24, 2.45) is 0 Å². The first-order valence-electron chi connectivity index (χ1n) is 11.4. The van der Waals surface area contributed by atoms with Crippen molar-refractivity contribution >= 4 is 5.91 Å².